The summed E-state index contributed by atoms with van der Waals surface area (Å²) in [4.78, 5) is 13.8. The molecule has 138 valence electrons. The topological polar surface area (TPSA) is 48.0 Å². The molecule has 0 spiro atoms. The van der Waals surface area contributed by atoms with Gasteiger partial charge in [0.1, 0.15) is 5.75 Å². The summed E-state index contributed by atoms with van der Waals surface area (Å²) >= 11 is 0. The molecule has 0 aliphatic carbocycles. The maximum Gasteiger partial charge on any atom is 0.494 e. The zero-order valence-corrected chi connectivity index (χ0v) is 16.5. The molecule has 0 bridgehead atoms. The monoisotopic (exact) mass is 347 g/mol. The van der Waals surface area contributed by atoms with Crippen LogP contribution in [0.4, 0.5) is 0 Å². The Balaban J connectivity index is 2.05. The van der Waals surface area contributed by atoms with E-state index in [4.69, 9.17) is 14.0 Å². The van der Waals surface area contributed by atoms with Gasteiger partial charge in [-0.3, -0.25) is 4.79 Å². The van der Waals surface area contributed by atoms with Crippen molar-refractivity contribution >= 4 is 18.5 Å². The van der Waals surface area contributed by atoms with Crippen LogP contribution in [0.15, 0.2) is 18.2 Å². The Morgan fingerprint density at radius 1 is 1.12 bits per heavy atom. The van der Waals surface area contributed by atoms with E-state index in [9.17, 15) is 4.79 Å². The van der Waals surface area contributed by atoms with E-state index in [1.165, 1.54) is 0 Å². The van der Waals surface area contributed by atoms with Gasteiger partial charge in [-0.05, 0) is 65.6 Å². The summed E-state index contributed by atoms with van der Waals surface area (Å²) < 4.78 is 17.9. The molecule has 0 radical (unpaired) electrons. The van der Waals surface area contributed by atoms with Crippen molar-refractivity contribution in [3.05, 3.63) is 23.8 Å². The van der Waals surface area contributed by atoms with Crippen LogP contribution in [0.5, 0.6) is 5.75 Å². The lowest BCUT2D eigenvalue weighted by atomic mass is 9.78. The molecule has 0 unspecified atom stereocenters. The lowest BCUT2D eigenvalue weighted by Crippen LogP contribution is -2.41. The molecule has 6 heteroatoms. The van der Waals surface area contributed by atoms with Gasteiger partial charge >= 0.3 is 7.12 Å². The first-order valence-electron chi connectivity index (χ1n) is 8.98. The van der Waals surface area contributed by atoms with Crippen LogP contribution in [-0.4, -0.2) is 48.8 Å². The number of likely N-dealkylation sites (N-methyl/N-ethyl adjacent to an activating group) is 1. The van der Waals surface area contributed by atoms with Crippen LogP contribution < -0.4 is 10.2 Å². The average molecular weight is 347 g/mol. The van der Waals surface area contributed by atoms with Crippen LogP contribution in [0, 0.1) is 6.92 Å². The van der Waals surface area contributed by atoms with Crippen molar-refractivity contribution in [1.29, 1.82) is 0 Å². The third-order valence-electron chi connectivity index (χ3n) is 5.19. The number of ether oxygens (including phenoxy) is 1. The van der Waals surface area contributed by atoms with Crippen molar-refractivity contribution < 1.29 is 18.8 Å². The number of carbonyl (C=O) groups is 1. The minimum atomic E-state index is -0.393. The Morgan fingerprint density at radius 2 is 1.68 bits per heavy atom. The number of nitrogens with zero attached hydrogens (tertiary/aromatic N) is 1. The largest absolute Gasteiger partial charge is 0.494 e. The van der Waals surface area contributed by atoms with Gasteiger partial charge in [-0.15, -0.1) is 0 Å². The lowest BCUT2D eigenvalue weighted by Gasteiger charge is -2.32. The molecule has 1 heterocycles. The second-order valence-corrected chi connectivity index (χ2v) is 7.47. The molecule has 1 aliphatic heterocycles. The van der Waals surface area contributed by atoms with Gasteiger partial charge < -0.3 is 18.9 Å². The van der Waals surface area contributed by atoms with Crippen LogP contribution in [-0.2, 0) is 14.1 Å². The molecular formula is C19H30BNO4. The van der Waals surface area contributed by atoms with Crippen molar-refractivity contribution in [1.82, 2.24) is 4.90 Å². The lowest BCUT2D eigenvalue weighted by molar-refractivity contribution is -0.132. The smallest absolute Gasteiger partial charge is 0.484 e. The summed E-state index contributed by atoms with van der Waals surface area (Å²) in [6.45, 7) is 15.5. The van der Waals surface area contributed by atoms with Crippen LogP contribution in [0.3, 0.4) is 0 Å². The number of hydrogen-bond donors (Lipinski definition) is 0. The van der Waals surface area contributed by atoms with Crippen LogP contribution in [0.2, 0.25) is 0 Å². The van der Waals surface area contributed by atoms with E-state index in [0.29, 0.717) is 18.8 Å². The van der Waals surface area contributed by atoms with Gasteiger partial charge in [-0.25, -0.2) is 0 Å². The Hall–Kier alpha value is -1.53. The fraction of sp³-hybridized carbons (Fsp3) is 0.632. The van der Waals surface area contributed by atoms with Gasteiger partial charge in [0.15, 0.2) is 6.61 Å². The number of rotatable bonds is 6. The summed E-state index contributed by atoms with van der Waals surface area (Å²) in [6, 6.07) is 5.82. The molecule has 0 atom stereocenters. The third kappa shape index (κ3) is 4.18. The quantitative estimate of drug-likeness (QED) is 0.742. The fourth-order valence-electron chi connectivity index (χ4n) is 2.77. The minimum absolute atomic E-state index is 0.000523. The fourth-order valence-corrected chi connectivity index (χ4v) is 2.77. The molecule has 1 fully saturated rings. The highest BCUT2D eigenvalue weighted by Crippen LogP contribution is 2.36. The van der Waals surface area contributed by atoms with E-state index >= 15 is 0 Å². The predicted octanol–water partition coefficient (Wildman–Crippen LogP) is 2.54. The van der Waals surface area contributed by atoms with Crippen LogP contribution in [0.1, 0.15) is 47.1 Å². The standard InChI is InChI=1S/C19H30BNO4/c1-8-21(9-2)17(22)13-23-16-11-10-15(12-14(16)3)20-24-18(4,5)19(6,7)25-20/h10-12H,8-9,13H2,1-7H3. The molecule has 25 heavy (non-hydrogen) atoms. The SMILES string of the molecule is CCN(CC)C(=O)COc1ccc(B2OC(C)(C)C(C)(C)O2)cc1C. The first-order valence-corrected chi connectivity index (χ1v) is 8.98. The molecule has 1 amide bonds. The van der Waals surface area contributed by atoms with Crippen molar-refractivity contribution in [2.45, 2.75) is 59.7 Å². The Kier molecular flexibility index (Phi) is 5.84. The highest BCUT2D eigenvalue weighted by molar-refractivity contribution is 6.62. The van der Waals surface area contributed by atoms with Crippen LogP contribution >= 0.6 is 0 Å². The number of aryl methyl sites for hydroxylation is 1. The summed E-state index contributed by atoms with van der Waals surface area (Å²) in [5.74, 6) is 0.709. The maximum atomic E-state index is 12.1. The van der Waals surface area contributed by atoms with Gasteiger partial charge in [-0.1, -0.05) is 12.1 Å². The molecule has 0 saturated carbocycles. The van der Waals surface area contributed by atoms with E-state index in [1.807, 2.05) is 66.7 Å². The summed E-state index contributed by atoms with van der Waals surface area (Å²) in [5.41, 5.74) is 1.19. The second kappa shape index (κ2) is 7.38. The number of hydrogen-bond acceptors (Lipinski definition) is 4. The molecule has 5 nitrogen and oxygen atoms in total. The van der Waals surface area contributed by atoms with E-state index in [2.05, 4.69) is 0 Å². The molecule has 1 saturated heterocycles. The third-order valence-corrected chi connectivity index (χ3v) is 5.19. The van der Waals surface area contributed by atoms with Gasteiger partial charge in [-0.2, -0.15) is 0 Å². The van der Waals surface area contributed by atoms with Crippen molar-refractivity contribution in [2.24, 2.45) is 0 Å². The molecular weight excluding hydrogens is 317 g/mol. The average Bonchev–Trinajstić information content (AvgIpc) is 2.75. The van der Waals surface area contributed by atoms with Crippen LogP contribution in [0.25, 0.3) is 0 Å². The number of amides is 1. The first kappa shape index (κ1) is 19.8. The van der Waals surface area contributed by atoms with E-state index < -0.39 is 7.12 Å². The molecule has 1 aromatic carbocycles. The number of carbonyl (C=O) groups excluding carboxylic acids is 1. The molecule has 0 aromatic heterocycles. The highest BCUT2D eigenvalue weighted by atomic mass is 16.7. The minimum Gasteiger partial charge on any atom is -0.484 e. The Labute approximate surface area is 151 Å². The second-order valence-electron chi connectivity index (χ2n) is 7.47. The van der Waals surface area contributed by atoms with Gasteiger partial charge in [0.25, 0.3) is 5.91 Å². The Bertz CT molecular complexity index is 610. The first-order chi connectivity index (χ1) is 11.6. The Morgan fingerprint density at radius 3 is 2.16 bits per heavy atom. The van der Waals surface area contributed by atoms with Gasteiger partial charge in [0.05, 0.1) is 11.2 Å². The normalized spacial score (nSPS) is 18.3. The molecule has 0 N–H and O–H groups in total. The van der Waals surface area contributed by atoms with E-state index in [-0.39, 0.29) is 23.7 Å². The maximum absolute atomic E-state index is 12.1. The zero-order chi connectivity index (χ0) is 18.8. The van der Waals surface area contributed by atoms with Crippen molar-refractivity contribution in [3.8, 4) is 5.75 Å². The van der Waals surface area contributed by atoms with Gasteiger partial charge in [0.2, 0.25) is 0 Å². The van der Waals surface area contributed by atoms with E-state index in [1.54, 1.807) is 4.90 Å². The molecule has 2 rings (SSSR count). The van der Waals surface area contributed by atoms with Crippen molar-refractivity contribution in [2.75, 3.05) is 19.7 Å². The van der Waals surface area contributed by atoms with E-state index in [0.717, 1.165) is 11.0 Å². The summed E-state index contributed by atoms with van der Waals surface area (Å²) in [7, 11) is -0.393. The predicted molar refractivity (Wildman–Crippen MR) is 100 cm³/mol. The summed E-state index contributed by atoms with van der Waals surface area (Å²) in [5, 5.41) is 0. The molecule has 1 aromatic rings. The molecule has 1 aliphatic rings. The summed E-state index contributed by atoms with van der Waals surface area (Å²) in [6.07, 6.45) is 0. The van der Waals surface area contributed by atoms with Crippen molar-refractivity contribution in [3.63, 3.8) is 0 Å². The zero-order valence-electron chi connectivity index (χ0n) is 16.5. The highest BCUT2D eigenvalue weighted by Gasteiger charge is 2.51. The van der Waals surface area contributed by atoms with Gasteiger partial charge in [0, 0.05) is 13.1 Å². The number of benzene rings is 1.